The number of nitrogens with zero attached hydrogens (tertiary/aromatic N) is 4. The van der Waals surface area contributed by atoms with E-state index in [-0.39, 0.29) is 18.2 Å². The summed E-state index contributed by atoms with van der Waals surface area (Å²) in [6.45, 7) is 5.21. The smallest absolute Gasteiger partial charge is 0.407 e. The number of ether oxygens (including phenoxy) is 3. The van der Waals surface area contributed by atoms with Crippen LogP contribution in [-0.2, 0) is 17.9 Å². The predicted octanol–water partition coefficient (Wildman–Crippen LogP) is 2.40. The third-order valence-electron chi connectivity index (χ3n) is 6.49. The Balaban J connectivity index is 1.09. The van der Waals surface area contributed by atoms with Crippen LogP contribution in [0.3, 0.4) is 0 Å². The Hall–Kier alpha value is -3.73. The number of hydrogen-bond donors (Lipinski definition) is 1. The van der Waals surface area contributed by atoms with Gasteiger partial charge in [-0.1, -0.05) is 0 Å². The number of fused-ring (bicyclic) bond motifs is 2. The summed E-state index contributed by atoms with van der Waals surface area (Å²) in [5, 5.41) is 2.91. The molecule has 1 amide bonds. The lowest BCUT2D eigenvalue weighted by atomic mass is 10.1. The Kier molecular flexibility index (Phi) is 6.99. The monoisotopic (exact) mass is 497 g/mol. The molecule has 5 heterocycles. The molecule has 36 heavy (non-hydrogen) atoms. The molecular formula is C25H28FN5O5. The molecule has 5 rings (SSSR count). The highest BCUT2D eigenvalue weighted by Crippen LogP contribution is 2.29. The van der Waals surface area contributed by atoms with Gasteiger partial charge in [0.25, 0.3) is 5.56 Å². The van der Waals surface area contributed by atoms with Crippen molar-refractivity contribution in [2.45, 2.75) is 39.0 Å². The van der Waals surface area contributed by atoms with Crippen molar-refractivity contribution in [1.82, 2.24) is 24.8 Å². The quantitative estimate of drug-likeness (QED) is 0.553. The van der Waals surface area contributed by atoms with Crippen LogP contribution in [0, 0.1) is 12.7 Å². The van der Waals surface area contributed by atoms with E-state index in [2.05, 4.69) is 20.2 Å². The molecule has 0 saturated carbocycles. The lowest BCUT2D eigenvalue weighted by Gasteiger charge is -2.32. The van der Waals surface area contributed by atoms with Crippen LogP contribution in [0.15, 0.2) is 35.3 Å². The maximum absolute atomic E-state index is 14.1. The van der Waals surface area contributed by atoms with Crippen molar-refractivity contribution in [1.29, 1.82) is 0 Å². The van der Waals surface area contributed by atoms with Crippen LogP contribution in [0.2, 0.25) is 0 Å². The van der Waals surface area contributed by atoms with Crippen molar-refractivity contribution in [2.75, 3.05) is 32.8 Å². The number of halogens is 1. The fraction of sp³-hybridized carbons (Fsp3) is 0.440. The molecule has 1 N–H and O–H groups in total. The van der Waals surface area contributed by atoms with Crippen LogP contribution in [0.5, 0.6) is 11.5 Å². The minimum atomic E-state index is -0.489. The highest BCUT2D eigenvalue weighted by molar-refractivity contribution is 5.74. The summed E-state index contributed by atoms with van der Waals surface area (Å²) in [6.07, 6.45) is 2.60. The average molecular weight is 498 g/mol. The van der Waals surface area contributed by atoms with Crippen molar-refractivity contribution in [3.8, 4) is 11.5 Å². The van der Waals surface area contributed by atoms with E-state index in [1.54, 1.807) is 29.8 Å². The van der Waals surface area contributed by atoms with Gasteiger partial charge in [-0.25, -0.2) is 14.2 Å². The van der Waals surface area contributed by atoms with E-state index < -0.39 is 11.9 Å². The van der Waals surface area contributed by atoms with Gasteiger partial charge in [-0.05, 0) is 25.8 Å². The fourth-order valence-electron chi connectivity index (χ4n) is 4.48. The maximum Gasteiger partial charge on any atom is 0.407 e. The van der Waals surface area contributed by atoms with E-state index in [0.717, 1.165) is 25.9 Å². The Bertz CT molecular complexity index is 1320. The maximum atomic E-state index is 14.1. The highest BCUT2D eigenvalue weighted by atomic mass is 19.1. The number of amides is 1. The van der Waals surface area contributed by atoms with Crippen molar-refractivity contribution in [2.24, 2.45) is 0 Å². The summed E-state index contributed by atoms with van der Waals surface area (Å²) in [5.74, 6) is 0.765. The molecule has 1 fully saturated rings. The molecule has 190 valence electrons. The van der Waals surface area contributed by atoms with E-state index in [1.165, 1.54) is 12.1 Å². The Labute approximate surface area is 207 Å². The van der Waals surface area contributed by atoms with Gasteiger partial charge in [0.05, 0.1) is 28.6 Å². The van der Waals surface area contributed by atoms with Crippen molar-refractivity contribution >= 4 is 17.1 Å². The molecule has 2 aliphatic rings. The van der Waals surface area contributed by atoms with Gasteiger partial charge < -0.3 is 29.0 Å². The molecule has 3 aromatic rings. The molecule has 11 heteroatoms. The second kappa shape index (κ2) is 10.5. The molecule has 0 aromatic carbocycles. The van der Waals surface area contributed by atoms with Crippen LogP contribution in [0.25, 0.3) is 11.0 Å². The molecule has 10 nitrogen and oxygen atoms in total. The van der Waals surface area contributed by atoms with Gasteiger partial charge in [0, 0.05) is 50.4 Å². The second-order valence-electron chi connectivity index (χ2n) is 8.94. The van der Waals surface area contributed by atoms with Gasteiger partial charge in [-0.2, -0.15) is 0 Å². The molecule has 1 saturated heterocycles. The third kappa shape index (κ3) is 5.40. The Morgan fingerprint density at radius 2 is 1.94 bits per heavy atom. The molecule has 0 atom stereocenters. The zero-order valence-corrected chi connectivity index (χ0v) is 20.0. The Morgan fingerprint density at radius 1 is 1.17 bits per heavy atom. The summed E-state index contributed by atoms with van der Waals surface area (Å²) < 4.78 is 31.9. The van der Waals surface area contributed by atoms with E-state index >= 15 is 0 Å². The van der Waals surface area contributed by atoms with E-state index in [9.17, 15) is 14.0 Å². The van der Waals surface area contributed by atoms with Gasteiger partial charge in [-0.3, -0.25) is 9.78 Å². The number of hydrogen-bond acceptors (Lipinski definition) is 8. The minimum absolute atomic E-state index is 0.00326. The van der Waals surface area contributed by atoms with Gasteiger partial charge >= 0.3 is 6.09 Å². The lowest BCUT2D eigenvalue weighted by molar-refractivity contribution is 0.124. The molecule has 0 aliphatic carbocycles. The van der Waals surface area contributed by atoms with E-state index in [0.29, 0.717) is 60.2 Å². The first kappa shape index (κ1) is 24.0. The number of aryl methyl sites for hydroxylation is 1. The second-order valence-corrected chi connectivity index (χ2v) is 8.94. The third-order valence-corrected chi connectivity index (χ3v) is 6.49. The SMILES string of the molecule is Cc1nc2ccc(=O)n(CCN3CCC(NC(=O)OCc4cc5c(cn4)OCCO5)CC3)c2cc1F. The van der Waals surface area contributed by atoms with Crippen LogP contribution >= 0.6 is 0 Å². The van der Waals surface area contributed by atoms with Crippen LogP contribution in [0.1, 0.15) is 24.2 Å². The molecule has 3 aromatic heterocycles. The number of alkyl carbamates (subject to hydrolysis) is 1. The molecule has 0 unspecified atom stereocenters. The van der Waals surface area contributed by atoms with Crippen molar-refractivity contribution < 1.29 is 23.4 Å². The van der Waals surface area contributed by atoms with Gasteiger partial charge in [0.2, 0.25) is 0 Å². The van der Waals surface area contributed by atoms with Crippen LogP contribution < -0.4 is 20.3 Å². The zero-order valence-electron chi connectivity index (χ0n) is 20.0. The van der Waals surface area contributed by atoms with Crippen molar-refractivity contribution in [3.63, 3.8) is 0 Å². The standard InChI is InChI=1S/C25H28FN5O5/c1-16-19(26)13-21-20(28-16)2-3-24(32)31(21)9-8-30-6-4-17(5-7-30)29-25(33)36-15-18-12-22-23(14-27-18)35-11-10-34-22/h2-3,12-14,17H,4-11,15H2,1H3,(H,29,33). The summed E-state index contributed by atoms with van der Waals surface area (Å²) in [5.41, 5.74) is 1.81. The number of piperidine rings is 1. The first-order chi connectivity index (χ1) is 17.5. The van der Waals surface area contributed by atoms with Gasteiger partial charge in [0.1, 0.15) is 25.6 Å². The number of pyridine rings is 3. The van der Waals surface area contributed by atoms with Crippen LogP contribution in [0.4, 0.5) is 9.18 Å². The zero-order chi connectivity index (χ0) is 25.1. The summed E-state index contributed by atoms with van der Waals surface area (Å²) >= 11 is 0. The highest BCUT2D eigenvalue weighted by Gasteiger charge is 2.22. The lowest BCUT2D eigenvalue weighted by Crippen LogP contribution is -2.45. The predicted molar refractivity (Wildman–Crippen MR) is 129 cm³/mol. The molecule has 2 aliphatic heterocycles. The molecule has 0 spiro atoms. The Morgan fingerprint density at radius 3 is 2.75 bits per heavy atom. The summed E-state index contributed by atoms with van der Waals surface area (Å²) in [6, 6.07) is 6.19. The normalized spacial score (nSPS) is 16.2. The number of carbonyl (C=O) groups excluding carboxylic acids is 1. The number of likely N-dealkylation sites (tertiary alicyclic amines) is 1. The number of rotatable bonds is 6. The van der Waals surface area contributed by atoms with E-state index in [4.69, 9.17) is 14.2 Å². The minimum Gasteiger partial charge on any atom is -0.486 e. The number of aromatic nitrogens is 3. The summed E-state index contributed by atoms with van der Waals surface area (Å²) in [7, 11) is 0. The summed E-state index contributed by atoms with van der Waals surface area (Å²) in [4.78, 5) is 35.4. The number of carbonyl (C=O) groups is 1. The fourth-order valence-corrected chi connectivity index (χ4v) is 4.48. The van der Waals surface area contributed by atoms with Gasteiger partial charge in [0.15, 0.2) is 11.5 Å². The molecular weight excluding hydrogens is 469 g/mol. The first-order valence-electron chi connectivity index (χ1n) is 12.0. The van der Waals surface area contributed by atoms with E-state index in [1.807, 2.05) is 0 Å². The average Bonchev–Trinajstić information content (AvgIpc) is 2.89. The topological polar surface area (TPSA) is 108 Å². The number of nitrogens with one attached hydrogen (secondary N) is 1. The first-order valence-corrected chi connectivity index (χ1v) is 12.0. The molecule has 0 bridgehead atoms. The van der Waals surface area contributed by atoms with Crippen LogP contribution in [-0.4, -0.2) is 64.4 Å². The van der Waals surface area contributed by atoms with Gasteiger partial charge in [-0.15, -0.1) is 0 Å². The van der Waals surface area contributed by atoms with Crippen molar-refractivity contribution in [3.05, 3.63) is 58.0 Å². The largest absolute Gasteiger partial charge is 0.486 e. The molecule has 0 radical (unpaired) electrons.